The van der Waals surface area contributed by atoms with E-state index in [1.54, 1.807) is 6.07 Å². The molecule has 3 heteroatoms. The monoisotopic (exact) mass is 209 g/mol. The van der Waals surface area contributed by atoms with Crippen LogP contribution in [0.2, 0.25) is 0 Å². The van der Waals surface area contributed by atoms with Crippen molar-refractivity contribution in [1.29, 1.82) is 0 Å². The molecule has 0 saturated heterocycles. The van der Waals surface area contributed by atoms with Crippen LogP contribution in [0.5, 0.6) is 0 Å². The molecule has 0 saturated carbocycles. The fourth-order valence-electron chi connectivity index (χ4n) is 1.44. The first-order valence-electron chi connectivity index (χ1n) is 4.78. The van der Waals surface area contributed by atoms with Crippen molar-refractivity contribution in [3.63, 3.8) is 0 Å². The van der Waals surface area contributed by atoms with Crippen molar-refractivity contribution in [2.45, 2.75) is 13.5 Å². The van der Waals surface area contributed by atoms with Gasteiger partial charge in [0.05, 0.1) is 6.61 Å². The predicted octanol–water partition coefficient (Wildman–Crippen LogP) is 2.33. The first-order valence-corrected chi connectivity index (χ1v) is 4.78. The molecule has 0 aliphatic rings. The molecule has 0 heterocycles. The average Bonchev–Trinajstić information content (AvgIpc) is 2.15. The summed E-state index contributed by atoms with van der Waals surface area (Å²) in [6, 6.07) is 4.55. The van der Waals surface area contributed by atoms with E-state index in [4.69, 9.17) is 5.11 Å². The number of halogens is 1. The molecule has 0 amide bonds. The molecule has 0 bridgehead atoms. The summed E-state index contributed by atoms with van der Waals surface area (Å²) in [5.41, 5.74) is 2.34. The van der Waals surface area contributed by atoms with Gasteiger partial charge in [-0.3, -0.25) is 0 Å². The Kier molecular flexibility index (Phi) is 3.86. The molecule has 0 aliphatic carbocycles. The van der Waals surface area contributed by atoms with Gasteiger partial charge in [-0.15, -0.1) is 0 Å². The number of rotatable bonds is 4. The van der Waals surface area contributed by atoms with E-state index in [1.165, 1.54) is 12.1 Å². The number of likely N-dealkylation sites (N-methyl/N-ethyl adjacent to an activating group) is 1. The molecule has 1 rings (SSSR count). The lowest BCUT2D eigenvalue weighted by Crippen LogP contribution is -2.19. The Hall–Kier alpha value is -1.35. The highest BCUT2D eigenvalue weighted by molar-refractivity contribution is 5.49. The number of hydrogen-bond donors (Lipinski definition) is 1. The van der Waals surface area contributed by atoms with E-state index < -0.39 is 0 Å². The normalized spacial score (nSPS) is 10.1. The van der Waals surface area contributed by atoms with E-state index in [9.17, 15) is 4.39 Å². The second-order valence-corrected chi connectivity index (χ2v) is 3.79. The van der Waals surface area contributed by atoms with E-state index in [0.29, 0.717) is 12.1 Å². The number of nitrogens with zero attached hydrogens (tertiary/aromatic N) is 1. The van der Waals surface area contributed by atoms with Crippen LogP contribution in [0.15, 0.2) is 30.4 Å². The van der Waals surface area contributed by atoms with Gasteiger partial charge in [-0.2, -0.15) is 0 Å². The van der Waals surface area contributed by atoms with Crippen LogP contribution in [0, 0.1) is 5.82 Å². The third-order valence-electron chi connectivity index (χ3n) is 2.07. The molecule has 0 aromatic heterocycles. The summed E-state index contributed by atoms with van der Waals surface area (Å²) in [4.78, 5) is 1.89. The van der Waals surface area contributed by atoms with Gasteiger partial charge in [0.2, 0.25) is 0 Å². The number of hydrogen-bond acceptors (Lipinski definition) is 2. The number of anilines is 1. The van der Waals surface area contributed by atoms with Crippen LogP contribution in [0.25, 0.3) is 0 Å². The molecule has 0 radical (unpaired) electrons. The smallest absolute Gasteiger partial charge is 0.125 e. The Bertz CT molecular complexity index is 363. The molecule has 1 aromatic carbocycles. The van der Waals surface area contributed by atoms with Gasteiger partial charge >= 0.3 is 0 Å². The minimum Gasteiger partial charge on any atom is -0.392 e. The third kappa shape index (κ3) is 3.36. The quantitative estimate of drug-likeness (QED) is 0.769. The van der Waals surface area contributed by atoms with Gasteiger partial charge in [0.15, 0.2) is 0 Å². The van der Waals surface area contributed by atoms with Gasteiger partial charge in [-0.25, -0.2) is 4.39 Å². The second kappa shape index (κ2) is 4.94. The molecule has 1 aromatic rings. The van der Waals surface area contributed by atoms with Crippen molar-refractivity contribution < 1.29 is 9.50 Å². The van der Waals surface area contributed by atoms with Crippen LogP contribution in [0.4, 0.5) is 10.1 Å². The van der Waals surface area contributed by atoms with Gasteiger partial charge in [0.25, 0.3) is 0 Å². The first kappa shape index (κ1) is 11.7. The first-order chi connectivity index (χ1) is 7.02. The highest BCUT2D eigenvalue weighted by Gasteiger charge is 2.04. The van der Waals surface area contributed by atoms with Crippen LogP contribution in [-0.2, 0) is 6.61 Å². The molecule has 0 unspecified atom stereocenters. The SMILES string of the molecule is C=C(C)CN(C)c1cc(F)cc(CO)c1. The van der Waals surface area contributed by atoms with Gasteiger partial charge in [-0.05, 0) is 30.7 Å². The molecule has 0 aliphatic heterocycles. The lowest BCUT2D eigenvalue weighted by atomic mass is 10.2. The number of aliphatic hydroxyl groups excluding tert-OH is 1. The van der Waals surface area contributed by atoms with Crippen molar-refractivity contribution >= 4 is 5.69 Å². The molecule has 82 valence electrons. The zero-order valence-corrected chi connectivity index (χ0v) is 9.13. The zero-order chi connectivity index (χ0) is 11.4. The molecular formula is C12H16FNO. The van der Waals surface area contributed by atoms with Crippen molar-refractivity contribution in [1.82, 2.24) is 0 Å². The summed E-state index contributed by atoms with van der Waals surface area (Å²) < 4.78 is 13.2. The van der Waals surface area contributed by atoms with E-state index >= 15 is 0 Å². The molecule has 0 atom stereocenters. The largest absolute Gasteiger partial charge is 0.392 e. The molecule has 2 nitrogen and oxygen atoms in total. The maximum absolute atomic E-state index is 13.2. The average molecular weight is 209 g/mol. The van der Waals surface area contributed by atoms with Crippen molar-refractivity contribution in [2.24, 2.45) is 0 Å². The van der Waals surface area contributed by atoms with Crippen molar-refractivity contribution in [3.8, 4) is 0 Å². The summed E-state index contributed by atoms with van der Waals surface area (Å²) in [6.45, 7) is 6.25. The van der Waals surface area contributed by atoms with E-state index in [-0.39, 0.29) is 12.4 Å². The van der Waals surface area contributed by atoms with Crippen LogP contribution >= 0.6 is 0 Å². The summed E-state index contributed by atoms with van der Waals surface area (Å²) >= 11 is 0. The summed E-state index contributed by atoms with van der Waals surface area (Å²) in [7, 11) is 1.87. The lowest BCUT2D eigenvalue weighted by molar-refractivity contribution is 0.281. The predicted molar refractivity (Wildman–Crippen MR) is 60.4 cm³/mol. The number of aliphatic hydroxyl groups is 1. The number of benzene rings is 1. The highest BCUT2D eigenvalue weighted by atomic mass is 19.1. The lowest BCUT2D eigenvalue weighted by Gasteiger charge is -2.20. The van der Waals surface area contributed by atoms with Gasteiger partial charge < -0.3 is 10.0 Å². The maximum Gasteiger partial charge on any atom is 0.125 e. The second-order valence-electron chi connectivity index (χ2n) is 3.79. The minimum atomic E-state index is -0.329. The Morgan fingerprint density at radius 2 is 2.13 bits per heavy atom. The minimum absolute atomic E-state index is 0.147. The van der Waals surface area contributed by atoms with Crippen molar-refractivity contribution in [2.75, 3.05) is 18.5 Å². The molecule has 0 spiro atoms. The van der Waals surface area contributed by atoms with E-state index in [0.717, 1.165) is 11.3 Å². The summed E-state index contributed by atoms with van der Waals surface area (Å²) in [5, 5.41) is 8.95. The zero-order valence-electron chi connectivity index (χ0n) is 9.13. The Morgan fingerprint density at radius 3 is 2.67 bits per heavy atom. The maximum atomic E-state index is 13.2. The van der Waals surface area contributed by atoms with Gasteiger partial charge in [-0.1, -0.05) is 12.2 Å². The summed E-state index contributed by atoms with van der Waals surface area (Å²) in [5.74, 6) is -0.329. The molecule has 0 fully saturated rings. The van der Waals surface area contributed by atoms with Crippen LogP contribution in [0.3, 0.4) is 0 Å². The van der Waals surface area contributed by atoms with Crippen LogP contribution < -0.4 is 4.90 Å². The van der Waals surface area contributed by atoms with E-state index in [1.807, 2.05) is 18.9 Å². The Labute approximate surface area is 89.7 Å². The fraction of sp³-hybridized carbons (Fsp3) is 0.333. The van der Waals surface area contributed by atoms with Crippen molar-refractivity contribution in [3.05, 3.63) is 41.7 Å². The third-order valence-corrected chi connectivity index (χ3v) is 2.07. The topological polar surface area (TPSA) is 23.5 Å². The standard InChI is InChI=1S/C12H16FNO/c1-9(2)7-14(3)12-5-10(8-15)4-11(13)6-12/h4-6,15H,1,7-8H2,2-3H3. The Morgan fingerprint density at radius 1 is 1.47 bits per heavy atom. The van der Waals surface area contributed by atoms with Gasteiger partial charge in [0.1, 0.15) is 5.82 Å². The Balaban J connectivity index is 2.92. The fourth-order valence-corrected chi connectivity index (χ4v) is 1.44. The van der Waals surface area contributed by atoms with E-state index in [2.05, 4.69) is 6.58 Å². The van der Waals surface area contributed by atoms with Crippen LogP contribution in [-0.4, -0.2) is 18.7 Å². The highest BCUT2D eigenvalue weighted by Crippen LogP contribution is 2.18. The van der Waals surface area contributed by atoms with Gasteiger partial charge in [0, 0.05) is 19.3 Å². The van der Waals surface area contributed by atoms with Crippen LogP contribution in [0.1, 0.15) is 12.5 Å². The molecular weight excluding hydrogens is 193 g/mol. The molecule has 15 heavy (non-hydrogen) atoms. The molecule has 1 N–H and O–H groups in total. The summed E-state index contributed by atoms with van der Waals surface area (Å²) in [6.07, 6.45) is 0.